The van der Waals surface area contributed by atoms with Gasteiger partial charge in [-0.25, -0.2) is 0 Å². The van der Waals surface area contributed by atoms with E-state index in [2.05, 4.69) is 10.5 Å². The lowest BCUT2D eigenvalue weighted by Crippen LogP contribution is -2.08. The Hall–Kier alpha value is -2.57. The van der Waals surface area contributed by atoms with Crippen molar-refractivity contribution < 1.29 is 14.2 Å². The van der Waals surface area contributed by atoms with Gasteiger partial charge in [-0.15, -0.1) is 0 Å². The summed E-state index contributed by atoms with van der Waals surface area (Å²) >= 11 is 0. The maximum atomic E-state index is 11.0. The average Bonchev–Trinajstić information content (AvgIpc) is 2.81. The molecular formula is C14H17N3O4. The molecule has 0 saturated carbocycles. The summed E-state index contributed by atoms with van der Waals surface area (Å²) in [5, 5.41) is 18.0. The van der Waals surface area contributed by atoms with Gasteiger partial charge in [0.05, 0.1) is 17.6 Å². The Bertz CT molecular complexity index is 637. The van der Waals surface area contributed by atoms with Crippen molar-refractivity contribution in [2.24, 2.45) is 0 Å². The van der Waals surface area contributed by atoms with Gasteiger partial charge in [-0.05, 0) is 26.8 Å². The molecule has 1 N–H and O–H groups in total. The summed E-state index contributed by atoms with van der Waals surface area (Å²) < 4.78 is 10.5. The molecule has 7 nitrogen and oxygen atoms in total. The quantitative estimate of drug-likeness (QED) is 0.648. The highest BCUT2D eigenvalue weighted by atomic mass is 16.6. The van der Waals surface area contributed by atoms with E-state index in [-0.39, 0.29) is 17.5 Å². The minimum absolute atomic E-state index is 0.0495. The van der Waals surface area contributed by atoms with Gasteiger partial charge < -0.3 is 14.6 Å². The molecule has 0 aliphatic heterocycles. The minimum atomic E-state index is -0.456. The molecule has 0 aliphatic rings. The van der Waals surface area contributed by atoms with Crippen molar-refractivity contribution in [2.75, 3.05) is 5.32 Å². The van der Waals surface area contributed by atoms with E-state index in [1.54, 1.807) is 12.1 Å². The molecule has 0 spiro atoms. The molecule has 0 radical (unpaired) electrons. The molecule has 2 aromatic rings. The molecule has 112 valence electrons. The van der Waals surface area contributed by atoms with Crippen molar-refractivity contribution in [3.8, 4) is 5.75 Å². The van der Waals surface area contributed by atoms with E-state index in [1.165, 1.54) is 6.07 Å². The lowest BCUT2D eigenvalue weighted by molar-refractivity contribution is -0.386. The molecule has 0 bridgehead atoms. The third kappa shape index (κ3) is 3.95. The topological polar surface area (TPSA) is 90.4 Å². The van der Waals surface area contributed by atoms with Gasteiger partial charge in [-0.1, -0.05) is 5.16 Å². The monoisotopic (exact) mass is 291 g/mol. The van der Waals surface area contributed by atoms with Crippen LogP contribution < -0.4 is 10.1 Å². The van der Waals surface area contributed by atoms with Crippen LogP contribution in [0.3, 0.4) is 0 Å². The molecular weight excluding hydrogens is 274 g/mol. The van der Waals surface area contributed by atoms with Crippen molar-refractivity contribution in [1.29, 1.82) is 0 Å². The highest BCUT2D eigenvalue weighted by Crippen LogP contribution is 2.31. The van der Waals surface area contributed by atoms with E-state index in [9.17, 15) is 10.1 Å². The lowest BCUT2D eigenvalue weighted by atomic mass is 10.2. The molecule has 0 fully saturated rings. The van der Waals surface area contributed by atoms with E-state index in [0.717, 1.165) is 17.1 Å². The lowest BCUT2D eigenvalue weighted by Gasteiger charge is -2.12. The molecule has 0 amide bonds. The van der Waals surface area contributed by atoms with Crippen LogP contribution >= 0.6 is 0 Å². The smallest absolute Gasteiger partial charge is 0.311 e. The van der Waals surface area contributed by atoms with Crippen molar-refractivity contribution in [1.82, 2.24) is 5.16 Å². The Morgan fingerprint density at radius 2 is 2.19 bits per heavy atom. The number of aromatic nitrogens is 1. The zero-order chi connectivity index (χ0) is 15.4. The van der Waals surface area contributed by atoms with Gasteiger partial charge in [-0.3, -0.25) is 10.1 Å². The fraction of sp³-hybridized carbons (Fsp3) is 0.357. The Kier molecular flexibility index (Phi) is 4.42. The largest absolute Gasteiger partial charge is 0.484 e. The van der Waals surface area contributed by atoms with Crippen LogP contribution in [-0.2, 0) is 6.54 Å². The number of rotatable bonds is 6. The second-order valence-corrected chi connectivity index (χ2v) is 4.89. The molecule has 0 atom stereocenters. The summed E-state index contributed by atoms with van der Waals surface area (Å²) in [6.07, 6.45) is -0.142. The maximum absolute atomic E-state index is 11.0. The van der Waals surface area contributed by atoms with Gasteiger partial charge >= 0.3 is 5.69 Å². The predicted molar refractivity (Wildman–Crippen MR) is 77.4 cm³/mol. The highest BCUT2D eigenvalue weighted by Gasteiger charge is 2.16. The molecule has 2 rings (SSSR count). The molecule has 0 unspecified atom stereocenters. The molecule has 1 aromatic carbocycles. The normalized spacial score (nSPS) is 10.7. The standard InChI is InChI=1S/C14H17N3O4/c1-9(2)20-14-7-11(4-5-13(14)17(18)19)15-8-12-6-10(3)21-16-12/h4-7,9,15H,8H2,1-3H3. The number of benzene rings is 1. The first kappa shape index (κ1) is 14.8. The summed E-state index contributed by atoms with van der Waals surface area (Å²) in [5.74, 6) is 0.982. The van der Waals surface area contributed by atoms with Gasteiger partial charge in [0.1, 0.15) is 11.5 Å². The SMILES string of the molecule is Cc1cc(CNc2ccc([N+](=O)[O-])c(OC(C)C)c2)no1. The van der Waals surface area contributed by atoms with Crippen LogP contribution in [0.1, 0.15) is 25.3 Å². The number of nitro groups is 1. The first-order chi connectivity index (χ1) is 9.95. The zero-order valence-corrected chi connectivity index (χ0v) is 12.1. The fourth-order valence-corrected chi connectivity index (χ4v) is 1.82. The van der Waals surface area contributed by atoms with Crippen molar-refractivity contribution in [3.63, 3.8) is 0 Å². The first-order valence-electron chi connectivity index (χ1n) is 6.57. The number of ether oxygens (including phenoxy) is 1. The van der Waals surface area contributed by atoms with Gasteiger partial charge in [0.15, 0.2) is 5.75 Å². The van der Waals surface area contributed by atoms with Crippen LogP contribution in [0.15, 0.2) is 28.8 Å². The van der Waals surface area contributed by atoms with Crippen LogP contribution in [0, 0.1) is 17.0 Å². The number of aryl methyl sites for hydroxylation is 1. The summed E-state index contributed by atoms with van der Waals surface area (Å²) in [7, 11) is 0. The van der Waals surface area contributed by atoms with Crippen LogP contribution in [-0.4, -0.2) is 16.2 Å². The fourth-order valence-electron chi connectivity index (χ4n) is 1.82. The van der Waals surface area contributed by atoms with Gasteiger partial charge in [-0.2, -0.15) is 0 Å². The van der Waals surface area contributed by atoms with Crippen molar-refractivity contribution in [3.05, 3.63) is 45.8 Å². The zero-order valence-electron chi connectivity index (χ0n) is 12.1. The van der Waals surface area contributed by atoms with Crippen LogP contribution in [0.5, 0.6) is 5.75 Å². The molecule has 7 heteroatoms. The Morgan fingerprint density at radius 1 is 1.43 bits per heavy atom. The second-order valence-electron chi connectivity index (χ2n) is 4.89. The highest BCUT2D eigenvalue weighted by molar-refractivity contribution is 5.58. The summed E-state index contributed by atoms with van der Waals surface area (Å²) in [4.78, 5) is 10.5. The number of hydrogen-bond acceptors (Lipinski definition) is 6. The summed E-state index contributed by atoms with van der Waals surface area (Å²) in [5.41, 5.74) is 1.43. The predicted octanol–water partition coefficient (Wildman–Crippen LogP) is 3.29. The molecule has 0 saturated heterocycles. The number of nitrogens with one attached hydrogen (secondary N) is 1. The second kappa shape index (κ2) is 6.25. The third-order valence-electron chi connectivity index (χ3n) is 2.67. The van der Waals surface area contributed by atoms with Crippen molar-refractivity contribution >= 4 is 11.4 Å². The molecule has 1 heterocycles. The summed E-state index contributed by atoms with van der Waals surface area (Å²) in [6, 6.07) is 6.50. The van der Waals surface area contributed by atoms with Gasteiger partial charge in [0, 0.05) is 23.9 Å². The average molecular weight is 291 g/mol. The Balaban J connectivity index is 2.14. The maximum Gasteiger partial charge on any atom is 0.311 e. The van der Waals surface area contributed by atoms with Crippen LogP contribution in [0.2, 0.25) is 0 Å². The van der Waals surface area contributed by atoms with E-state index in [4.69, 9.17) is 9.26 Å². The summed E-state index contributed by atoms with van der Waals surface area (Å²) in [6.45, 7) is 5.93. The van der Waals surface area contributed by atoms with Crippen LogP contribution in [0.25, 0.3) is 0 Å². The van der Waals surface area contributed by atoms with Crippen LogP contribution in [0.4, 0.5) is 11.4 Å². The molecule has 0 aliphatic carbocycles. The Labute approximate surface area is 122 Å². The van der Waals surface area contributed by atoms with Crippen molar-refractivity contribution in [2.45, 2.75) is 33.4 Å². The minimum Gasteiger partial charge on any atom is -0.484 e. The number of hydrogen-bond donors (Lipinski definition) is 1. The molecule has 1 aromatic heterocycles. The number of nitro benzene ring substituents is 1. The molecule has 21 heavy (non-hydrogen) atoms. The number of anilines is 1. The van der Waals surface area contributed by atoms with E-state index in [0.29, 0.717) is 6.54 Å². The van der Waals surface area contributed by atoms with E-state index < -0.39 is 4.92 Å². The number of nitrogens with zero attached hydrogens (tertiary/aromatic N) is 2. The van der Waals surface area contributed by atoms with E-state index in [1.807, 2.05) is 26.8 Å². The third-order valence-corrected chi connectivity index (χ3v) is 2.67. The van der Waals surface area contributed by atoms with Gasteiger partial charge in [0.25, 0.3) is 0 Å². The van der Waals surface area contributed by atoms with E-state index >= 15 is 0 Å². The van der Waals surface area contributed by atoms with Gasteiger partial charge in [0.2, 0.25) is 0 Å². The first-order valence-corrected chi connectivity index (χ1v) is 6.57. The Morgan fingerprint density at radius 3 is 2.76 bits per heavy atom.